The third-order valence-corrected chi connectivity index (χ3v) is 5.62. The Labute approximate surface area is 106 Å². The van der Waals surface area contributed by atoms with Gasteiger partial charge >= 0.3 is 0 Å². The molecule has 1 aromatic heterocycles. The van der Waals surface area contributed by atoms with Crippen molar-refractivity contribution >= 4 is 17.0 Å². The van der Waals surface area contributed by atoms with Gasteiger partial charge in [0.2, 0.25) is 5.95 Å². The van der Waals surface area contributed by atoms with E-state index in [1.165, 1.54) is 24.8 Å². The zero-order valence-corrected chi connectivity index (χ0v) is 10.3. The molecule has 3 aliphatic rings. The molecule has 0 aliphatic heterocycles. The van der Waals surface area contributed by atoms with Crippen LogP contribution in [0.1, 0.15) is 25.3 Å². The lowest BCUT2D eigenvalue weighted by Crippen LogP contribution is -2.08. The molecule has 1 aromatic carbocycles. The van der Waals surface area contributed by atoms with E-state index in [1.54, 1.807) is 0 Å². The normalized spacial score (nSPS) is 40.3. The molecule has 3 saturated carbocycles. The number of hydrogen-bond donors (Lipinski definition) is 1. The number of nitrogen functional groups attached to an aromatic ring is 1. The summed E-state index contributed by atoms with van der Waals surface area (Å²) in [6.45, 7) is 0. The summed E-state index contributed by atoms with van der Waals surface area (Å²) in [5, 5.41) is 0. The molecule has 0 amide bonds. The molecule has 2 bridgehead atoms. The summed E-state index contributed by atoms with van der Waals surface area (Å²) in [7, 11) is 0. The highest BCUT2D eigenvalue weighted by Crippen LogP contribution is 2.72. The van der Waals surface area contributed by atoms with Crippen LogP contribution in [-0.2, 0) is 0 Å². The summed E-state index contributed by atoms with van der Waals surface area (Å²) in [5.41, 5.74) is 8.44. The minimum atomic E-state index is 0.656. The van der Waals surface area contributed by atoms with E-state index >= 15 is 0 Å². The number of anilines is 1. The van der Waals surface area contributed by atoms with Gasteiger partial charge in [-0.2, -0.15) is 0 Å². The molecule has 4 atom stereocenters. The third kappa shape index (κ3) is 0.957. The van der Waals surface area contributed by atoms with Crippen molar-refractivity contribution in [3.05, 3.63) is 24.3 Å². The van der Waals surface area contributed by atoms with E-state index in [1.807, 2.05) is 6.07 Å². The molecule has 3 heteroatoms. The number of aromatic nitrogens is 2. The molecule has 1 heterocycles. The molecule has 2 N–H and O–H groups in total. The zero-order chi connectivity index (χ0) is 11.9. The van der Waals surface area contributed by atoms with E-state index in [9.17, 15) is 0 Å². The molecule has 0 radical (unpaired) electrons. The van der Waals surface area contributed by atoms with Crippen molar-refractivity contribution in [1.29, 1.82) is 0 Å². The summed E-state index contributed by atoms with van der Waals surface area (Å²) >= 11 is 0. The van der Waals surface area contributed by atoms with Crippen LogP contribution in [-0.4, -0.2) is 9.55 Å². The SMILES string of the molecule is Nc1nc2ccccc2n1C1C2C3CCC(C3)C21. The maximum atomic E-state index is 6.16. The fourth-order valence-corrected chi connectivity index (χ4v) is 5.00. The van der Waals surface area contributed by atoms with Crippen LogP contribution < -0.4 is 5.73 Å². The third-order valence-electron chi connectivity index (χ3n) is 5.62. The van der Waals surface area contributed by atoms with E-state index in [0.29, 0.717) is 6.04 Å². The fraction of sp³-hybridized carbons (Fsp3) is 0.533. The smallest absolute Gasteiger partial charge is 0.201 e. The number of imidazole rings is 1. The van der Waals surface area contributed by atoms with Crippen molar-refractivity contribution in [3.63, 3.8) is 0 Å². The Bertz CT molecular complexity index is 628. The zero-order valence-electron chi connectivity index (χ0n) is 10.3. The molecule has 92 valence electrons. The second-order valence-corrected chi connectivity index (χ2v) is 6.31. The maximum absolute atomic E-state index is 6.16. The van der Waals surface area contributed by atoms with Crippen LogP contribution in [0.15, 0.2) is 24.3 Å². The van der Waals surface area contributed by atoms with Gasteiger partial charge in [-0.15, -0.1) is 0 Å². The van der Waals surface area contributed by atoms with Crippen molar-refractivity contribution < 1.29 is 0 Å². The average Bonchev–Trinajstić information content (AvgIpc) is 2.75. The average molecular weight is 239 g/mol. The highest BCUT2D eigenvalue weighted by atomic mass is 15.2. The Morgan fingerprint density at radius 3 is 2.61 bits per heavy atom. The van der Waals surface area contributed by atoms with Crippen LogP contribution >= 0.6 is 0 Å². The number of hydrogen-bond acceptors (Lipinski definition) is 2. The summed E-state index contributed by atoms with van der Waals surface area (Å²) in [6.07, 6.45) is 4.39. The molecule has 3 fully saturated rings. The van der Waals surface area contributed by atoms with Gasteiger partial charge < -0.3 is 10.3 Å². The summed E-state index contributed by atoms with van der Waals surface area (Å²) in [5.74, 6) is 4.48. The largest absolute Gasteiger partial charge is 0.369 e. The number of rotatable bonds is 1. The van der Waals surface area contributed by atoms with Crippen molar-refractivity contribution in [1.82, 2.24) is 9.55 Å². The van der Waals surface area contributed by atoms with Gasteiger partial charge in [0.25, 0.3) is 0 Å². The molecular formula is C15H17N3. The maximum Gasteiger partial charge on any atom is 0.201 e. The van der Waals surface area contributed by atoms with Gasteiger partial charge in [0.1, 0.15) is 0 Å². The number of benzene rings is 1. The number of nitrogens with two attached hydrogens (primary N) is 1. The van der Waals surface area contributed by atoms with Gasteiger partial charge in [0, 0.05) is 6.04 Å². The van der Waals surface area contributed by atoms with E-state index in [4.69, 9.17) is 5.73 Å². The predicted octanol–water partition coefficient (Wildman–Crippen LogP) is 2.84. The lowest BCUT2D eigenvalue weighted by Gasteiger charge is -2.12. The molecular weight excluding hydrogens is 222 g/mol. The lowest BCUT2D eigenvalue weighted by atomic mass is 10.0. The van der Waals surface area contributed by atoms with Gasteiger partial charge in [0.05, 0.1) is 11.0 Å². The monoisotopic (exact) mass is 239 g/mol. The first-order valence-corrected chi connectivity index (χ1v) is 7.07. The first-order chi connectivity index (χ1) is 8.84. The molecule has 3 aliphatic carbocycles. The van der Waals surface area contributed by atoms with Crippen LogP contribution in [0.4, 0.5) is 5.95 Å². The van der Waals surface area contributed by atoms with Gasteiger partial charge in [-0.25, -0.2) is 4.98 Å². The lowest BCUT2D eigenvalue weighted by molar-refractivity contribution is 0.456. The highest BCUT2D eigenvalue weighted by Gasteiger charge is 2.66. The Balaban J connectivity index is 1.66. The second-order valence-electron chi connectivity index (χ2n) is 6.31. The molecule has 3 nitrogen and oxygen atoms in total. The molecule has 0 spiro atoms. The van der Waals surface area contributed by atoms with Crippen molar-refractivity contribution in [2.24, 2.45) is 23.7 Å². The van der Waals surface area contributed by atoms with Crippen LogP contribution in [0.5, 0.6) is 0 Å². The number of para-hydroxylation sites is 2. The minimum Gasteiger partial charge on any atom is -0.369 e. The summed E-state index contributed by atoms with van der Waals surface area (Å²) in [4.78, 5) is 4.51. The Morgan fingerprint density at radius 2 is 1.83 bits per heavy atom. The van der Waals surface area contributed by atoms with Crippen molar-refractivity contribution in [3.8, 4) is 0 Å². The van der Waals surface area contributed by atoms with Crippen LogP contribution in [0, 0.1) is 23.7 Å². The van der Waals surface area contributed by atoms with E-state index in [-0.39, 0.29) is 0 Å². The predicted molar refractivity (Wildman–Crippen MR) is 71.0 cm³/mol. The van der Waals surface area contributed by atoms with Crippen LogP contribution in [0.2, 0.25) is 0 Å². The van der Waals surface area contributed by atoms with Gasteiger partial charge in [-0.05, 0) is 55.1 Å². The Hall–Kier alpha value is -1.51. The molecule has 18 heavy (non-hydrogen) atoms. The molecule has 2 aromatic rings. The van der Waals surface area contributed by atoms with E-state index in [2.05, 4.69) is 27.8 Å². The van der Waals surface area contributed by atoms with Gasteiger partial charge in [0.15, 0.2) is 0 Å². The topological polar surface area (TPSA) is 43.8 Å². The Kier molecular flexibility index (Phi) is 1.52. The quantitative estimate of drug-likeness (QED) is 0.831. The molecule has 5 rings (SSSR count). The Morgan fingerprint density at radius 1 is 1.11 bits per heavy atom. The van der Waals surface area contributed by atoms with Gasteiger partial charge in [-0.1, -0.05) is 12.1 Å². The van der Waals surface area contributed by atoms with Crippen LogP contribution in [0.3, 0.4) is 0 Å². The summed E-state index contributed by atoms with van der Waals surface area (Å²) in [6, 6.07) is 9.01. The van der Waals surface area contributed by atoms with E-state index in [0.717, 1.165) is 35.1 Å². The second kappa shape index (κ2) is 2.90. The fourth-order valence-electron chi connectivity index (χ4n) is 5.00. The first-order valence-electron chi connectivity index (χ1n) is 7.07. The number of nitrogens with zero attached hydrogens (tertiary/aromatic N) is 2. The minimum absolute atomic E-state index is 0.656. The molecule has 0 saturated heterocycles. The molecule has 4 unspecified atom stereocenters. The van der Waals surface area contributed by atoms with Gasteiger partial charge in [-0.3, -0.25) is 0 Å². The van der Waals surface area contributed by atoms with Crippen LogP contribution in [0.25, 0.3) is 11.0 Å². The van der Waals surface area contributed by atoms with Crippen molar-refractivity contribution in [2.45, 2.75) is 25.3 Å². The summed E-state index contributed by atoms with van der Waals surface area (Å²) < 4.78 is 2.33. The highest BCUT2D eigenvalue weighted by molar-refractivity contribution is 5.78. The first kappa shape index (κ1) is 9.42. The van der Waals surface area contributed by atoms with Crippen molar-refractivity contribution in [2.75, 3.05) is 5.73 Å². The standard InChI is InChI=1S/C15H17N3/c16-15-17-10-3-1-2-4-11(10)18(15)14-12-8-5-6-9(7-8)13(12)14/h1-4,8-9,12-14H,5-7H2,(H2,16,17). The van der Waals surface area contributed by atoms with E-state index < -0.39 is 0 Å². The number of fused-ring (bicyclic) bond motifs is 6.